The number of aliphatic hydroxyl groups excluding tert-OH is 3. The van der Waals surface area contributed by atoms with Crippen molar-refractivity contribution in [2.45, 2.75) is 51.1 Å². The van der Waals surface area contributed by atoms with Crippen molar-refractivity contribution in [2.24, 2.45) is 28.8 Å². The number of hydrogen-bond donors (Lipinski definition) is 3. The molecule has 10 nitrogen and oxygen atoms in total. The van der Waals surface area contributed by atoms with Crippen LogP contribution >= 0.6 is 0 Å². The van der Waals surface area contributed by atoms with Crippen molar-refractivity contribution in [1.82, 2.24) is 4.90 Å². The van der Waals surface area contributed by atoms with Crippen LogP contribution in [0.15, 0.2) is 28.0 Å². The van der Waals surface area contributed by atoms with E-state index in [1.54, 1.807) is 25.3 Å². The average molecular weight is 450 g/mol. The molecule has 1 saturated heterocycles. The van der Waals surface area contributed by atoms with Gasteiger partial charge in [-0.25, -0.2) is 0 Å². The minimum atomic E-state index is -1.11. The Balaban J connectivity index is 1.38. The Hall–Kier alpha value is -2.27. The summed E-state index contributed by atoms with van der Waals surface area (Å²) in [5.41, 5.74) is 0.546. The largest absolute Gasteiger partial charge is 0.467 e. The van der Waals surface area contributed by atoms with Crippen LogP contribution in [0.5, 0.6) is 0 Å². The lowest BCUT2D eigenvalue weighted by atomic mass is 9.60. The summed E-state index contributed by atoms with van der Waals surface area (Å²) in [6.45, 7) is 2.21. The monoisotopic (exact) mass is 450 g/mol. The lowest BCUT2D eigenvalue weighted by molar-refractivity contribution is -0.141. The predicted molar refractivity (Wildman–Crippen MR) is 110 cm³/mol. The van der Waals surface area contributed by atoms with E-state index in [2.05, 4.69) is 5.16 Å². The molecule has 2 aliphatic carbocycles. The van der Waals surface area contributed by atoms with Gasteiger partial charge in [-0.15, -0.1) is 0 Å². The van der Waals surface area contributed by atoms with E-state index in [1.165, 1.54) is 4.90 Å². The van der Waals surface area contributed by atoms with Crippen LogP contribution in [0.2, 0.25) is 0 Å². The van der Waals surface area contributed by atoms with Gasteiger partial charge in [-0.2, -0.15) is 0 Å². The molecular weight excluding hydrogens is 420 g/mol. The molecule has 3 fully saturated rings. The molecule has 0 radical (unpaired) electrons. The van der Waals surface area contributed by atoms with E-state index >= 15 is 0 Å². The van der Waals surface area contributed by atoms with Crippen LogP contribution in [-0.4, -0.2) is 75.8 Å². The van der Waals surface area contributed by atoms with Crippen molar-refractivity contribution in [2.75, 3.05) is 19.8 Å². The van der Waals surface area contributed by atoms with Crippen molar-refractivity contribution < 1.29 is 38.9 Å². The Labute approximate surface area is 185 Å². The quantitative estimate of drug-likeness (QED) is 0.379. The summed E-state index contributed by atoms with van der Waals surface area (Å²) in [7, 11) is 0. The fourth-order valence-corrected chi connectivity index (χ4v) is 5.30. The summed E-state index contributed by atoms with van der Waals surface area (Å²) >= 11 is 0. The number of furan rings is 1. The molecule has 1 aromatic heterocycles. The number of ether oxygens (including phenoxy) is 1. The Bertz CT molecular complexity index is 841. The SMILES string of the molecule is CCN1C(=O)[C@H]2[C@H]3[C@H](O)[C@H](O)CC(=NOC[C@@H](O)COCc4ccco4)[C@@H]3CC[C@H]2C1=O. The van der Waals surface area contributed by atoms with Crippen molar-refractivity contribution in [1.29, 1.82) is 0 Å². The number of oxime groups is 1. The molecule has 1 aliphatic heterocycles. The molecule has 3 N–H and O–H groups in total. The molecule has 2 heterocycles. The van der Waals surface area contributed by atoms with Crippen molar-refractivity contribution in [3.8, 4) is 0 Å². The highest BCUT2D eigenvalue weighted by atomic mass is 16.6. The molecule has 1 aromatic rings. The molecule has 2 amide bonds. The summed E-state index contributed by atoms with van der Waals surface area (Å²) < 4.78 is 10.5. The number of amides is 2. The average Bonchev–Trinajstić information content (AvgIpc) is 3.37. The van der Waals surface area contributed by atoms with E-state index in [1.807, 2.05) is 0 Å². The number of aliphatic hydroxyl groups is 3. The maximum atomic E-state index is 12.9. The molecule has 3 aliphatic rings. The van der Waals surface area contributed by atoms with E-state index in [9.17, 15) is 24.9 Å². The summed E-state index contributed by atoms with van der Waals surface area (Å²) in [6, 6.07) is 3.52. The van der Waals surface area contributed by atoms with Crippen LogP contribution in [0, 0.1) is 23.7 Å². The van der Waals surface area contributed by atoms with Crippen LogP contribution in [0.1, 0.15) is 31.9 Å². The highest BCUT2D eigenvalue weighted by Gasteiger charge is 2.59. The number of carbonyl (C=O) groups is 2. The Kier molecular flexibility index (Phi) is 6.94. The predicted octanol–water partition coefficient (Wildman–Crippen LogP) is 0.303. The third-order valence-corrected chi connectivity index (χ3v) is 6.77. The molecule has 4 rings (SSSR count). The molecule has 0 unspecified atom stereocenters. The van der Waals surface area contributed by atoms with Gasteiger partial charge in [0.05, 0.1) is 42.6 Å². The normalized spacial score (nSPS) is 34.5. The maximum Gasteiger partial charge on any atom is 0.233 e. The molecule has 32 heavy (non-hydrogen) atoms. The Morgan fingerprint density at radius 3 is 2.72 bits per heavy atom. The molecule has 7 atom stereocenters. The van der Waals surface area contributed by atoms with Gasteiger partial charge in [0.25, 0.3) is 0 Å². The highest BCUT2D eigenvalue weighted by molar-refractivity contribution is 6.06. The first-order chi connectivity index (χ1) is 15.4. The van der Waals surface area contributed by atoms with Gasteiger partial charge >= 0.3 is 0 Å². The van der Waals surface area contributed by atoms with E-state index < -0.39 is 36.1 Å². The number of rotatable bonds is 8. The van der Waals surface area contributed by atoms with E-state index in [0.717, 1.165) is 0 Å². The van der Waals surface area contributed by atoms with Gasteiger partial charge in [0.1, 0.15) is 25.1 Å². The molecule has 0 bridgehead atoms. The molecule has 2 saturated carbocycles. The van der Waals surface area contributed by atoms with Gasteiger partial charge in [0.2, 0.25) is 11.8 Å². The van der Waals surface area contributed by atoms with Gasteiger partial charge in [-0.3, -0.25) is 14.5 Å². The van der Waals surface area contributed by atoms with Gasteiger partial charge in [-0.05, 0) is 31.9 Å². The van der Waals surface area contributed by atoms with Crippen molar-refractivity contribution >= 4 is 17.5 Å². The first-order valence-electron chi connectivity index (χ1n) is 11.1. The van der Waals surface area contributed by atoms with Gasteiger partial charge in [0, 0.05) is 24.8 Å². The van der Waals surface area contributed by atoms with Crippen LogP contribution in [0.3, 0.4) is 0 Å². The second-order valence-corrected chi connectivity index (χ2v) is 8.70. The van der Waals surface area contributed by atoms with Crippen LogP contribution in [-0.2, 0) is 25.8 Å². The topological polar surface area (TPSA) is 142 Å². The third kappa shape index (κ3) is 4.32. The number of fused-ring (bicyclic) bond motifs is 3. The van der Waals surface area contributed by atoms with Gasteiger partial charge < -0.3 is 29.3 Å². The van der Waals surface area contributed by atoms with Crippen molar-refractivity contribution in [3.05, 3.63) is 24.2 Å². The van der Waals surface area contributed by atoms with Crippen LogP contribution < -0.4 is 0 Å². The minimum Gasteiger partial charge on any atom is -0.467 e. The third-order valence-electron chi connectivity index (χ3n) is 6.77. The van der Waals surface area contributed by atoms with Crippen LogP contribution in [0.4, 0.5) is 0 Å². The van der Waals surface area contributed by atoms with Crippen molar-refractivity contribution in [3.63, 3.8) is 0 Å². The molecule has 0 spiro atoms. The Morgan fingerprint density at radius 2 is 2.00 bits per heavy atom. The number of imide groups is 1. The summed E-state index contributed by atoms with van der Waals surface area (Å²) in [6.07, 6.45) is -0.365. The highest BCUT2D eigenvalue weighted by Crippen LogP contribution is 2.49. The smallest absolute Gasteiger partial charge is 0.233 e. The lowest BCUT2D eigenvalue weighted by Gasteiger charge is -2.45. The molecule has 0 aromatic carbocycles. The molecule has 10 heteroatoms. The standard InChI is InChI=1S/C22H30N2O8/c1-2-24-21(28)15-6-5-14-16(8-17(26)20(27)18(14)19(15)22(24)29)23-32-10-12(25)9-30-11-13-4-3-7-31-13/h3-4,7,12,14-15,17-20,25-27H,2,5-6,8-11H2,1H3/t12-,14-,15+,17+,18-,19+,20+/m0/s1. The zero-order chi connectivity index (χ0) is 22.8. The number of nitrogens with zero attached hydrogens (tertiary/aromatic N) is 2. The second-order valence-electron chi connectivity index (χ2n) is 8.70. The minimum absolute atomic E-state index is 0.0339. The molecular formula is C22H30N2O8. The van der Waals surface area contributed by atoms with Gasteiger partial charge in [0.15, 0.2) is 0 Å². The maximum absolute atomic E-state index is 12.9. The van der Waals surface area contributed by atoms with E-state index in [4.69, 9.17) is 14.0 Å². The zero-order valence-corrected chi connectivity index (χ0v) is 18.0. The summed E-state index contributed by atoms with van der Waals surface area (Å²) in [5, 5.41) is 35.3. The first kappa shape index (κ1) is 22.9. The van der Waals surface area contributed by atoms with Gasteiger partial charge in [-0.1, -0.05) is 5.16 Å². The number of hydrogen-bond acceptors (Lipinski definition) is 9. The summed E-state index contributed by atoms with van der Waals surface area (Å²) in [4.78, 5) is 32.1. The Morgan fingerprint density at radius 1 is 1.22 bits per heavy atom. The fourth-order valence-electron chi connectivity index (χ4n) is 5.30. The van der Waals surface area contributed by atoms with Crippen LogP contribution in [0.25, 0.3) is 0 Å². The van der Waals surface area contributed by atoms with E-state index in [0.29, 0.717) is 30.9 Å². The molecule has 176 valence electrons. The number of likely N-dealkylation sites (tertiary alicyclic amines) is 1. The van der Waals surface area contributed by atoms with E-state index in [-0.39, 0.29) is 44.0 Å². The zero-order valence-electron chi connectivity index (χ0n) is 18.0. The lowest BCUT2D eigenvalue weighted by Crippen LogP contribution is -2.54. The number of carbonyl (C=O) groups excluding carboxylic acids is 2. The second kappa shape index (κ2) is 9.70. The first-order valence-corrected chi connectivity index (χ1v) is 11.1. The summed E-state index contributed by atoms with van der Waals surface area (Å²) in [5.74, 6) is -1.80. The fraction of sp³-hybridized carbons (Fsp3) is 0.682.